The molecule has 2 aliphatic rings. The summed E-state index contributed by atoms with van der Waals surface area (Å²) >= 11 is 0. The van der Waals surface area contributed by atoms with Crippen LogP contribution in [0.25, 0.3) is 0 Å². The highest BCUT2D eigenvalue weighted by atomic mass is 16.6. The van der Waals surface area contributed by atoms with Gasteiger partial charge in [-0.3, -0.25) is 14.9 Å². The topological polar surface area (TPSA) is 63.4 Å². The van der Waals surface area contributed by atoms with Crippen LogP contribution in [0.15, 0.2) is 24.3 Å². The highest BCUT2D eigenvalue weighted by Gasteiger charge is 2.33. The molecule has 2 unspecified atom stereocenters. The van der Waals surface area contributed by atoms with Crippen LogP contribution in [0.3, 0.4) is 0 Å². The van der Waals surface area contributed by atoms with Crippen molar-refractivity contribution in [3.8, 4) is 0 Å². The summed E-state index contributed by atoms with van der Waals surface area (Å²) in [7, 11) is 0. The maximum atomic E-state index is 12.5. The predicted octanol–water partition coefficient (Wildman–Crippen LogP) is 3.25. The van der Waals surface area contributed by atoms with E-state index in [2.05, 4.69) is 0 Å². The lowest BCUT2D eigenvalue weighted by Gasteiger charge is -2.41. The summed E-state index contributed by atoms with van der Waals surface area (Å²) in [5, 5.41) is 10.7. The third-order valence-corrected chi connectivity index (χ3v) is 4.90. The SMILES string of the molecule is O=C(c1ccc([N+](=O)[O-])cc1)N1CCC2CCCCC2C1. The minimum absolute atomic E-state index is 0.00826. The van der Waals surface area contributed by atoms with Gasteiger partial charge in [0, 0.05) is 30.8 Å². The zero-order chi connectivity index (χ0) is 14.8. The molecule has 2 atom stereocenters. The standard InChI is InChI=1S/C16H20N2O3/c19-16(13-5-7-15(8-6-13)18(20)21)17-10-9-12-3-1-2-4-14(12)11-17/h5-8,12,14H,1-4,9-11H2. The first kappa shape index (κ1) is 14.0. The van der Waals surface area contributed by atoms with Gasteiger partial charge in [0.1, 0.15) is 0 Å². The molecule has 112 valence electrons. The Morgan fingerprint density at radius 2 is 1.76 bits per heavy atom. The molecule has 1 heterocycles. The number of fused-ring (bicyclic) bond motifs is 1. The first-order valence-electron chi connectivity index (χ1n) is 7.69. The van der Waals surface area contributed by atoms with Gasteiger partial charge < -0.3 is 4.90 Å². The second-order valence-electron chi connectivity index (χ2n) is 6.15. The fraction of sp³-hybridized carbons (Fsp3) is 0.562. The Balaban J connectivity index is 1.68. The molecule has 5 heteroatoms. The Bertz CT molecular complexity index is 541. The molecule has 1 saturated carbocycles. The van der Waals surface area contributed by atoms with Crippen LogP contribution in [0, 0.1) is 22.0 Å². The van der Waals surface area contributed by atoms with Crippen LogP contribution in [0.4, 0.5) is 5.69 Å². The Kier molecular flexibility index (Phi) is 3.90. The van der Waals surface area contributed by atoms with E-state index in [1.807, 2.05) is 4.90 Å². The average molecular weight is 288 g/mol. The Hall–Kier alpha value is -1.91. The van der Waals surface area contributed by atoms with Gasteiger partial charge in [-0.2, -0.15) is 0 Å². The molecule has 2 fully saturated rings. The molecule has 1 aliphatic heterocycles. The summed E-state index contributed by atoms with van der Waals surface area (Å²) in [4.78, 5) is 24.6. The van der Waals surface area contributed by atoms with E-state index < -0.39 is 4.92 Å². The molecular weight excluding hydrogens is 268 g/mol. The molecule has 0 bridgehead atoms. The van der Waals surface area contributed by atoms with Crippen LogP contribution in [0.1, 0.15) is 42.5 Å². The molecule has 3 rings (SSSR count). The minimum atomic E-state index is -0.443. The number of amides is 1. The summed E-state index contributed by atoms with van der Waals surface area (Å²) in [5.41, 5.74) is 0.576. The van der Waals surface area contributed by atoms with Gasteiger partial charge in [0.15, 0.2) is 0 Å². The molecule has 0 spiro atoms. The molecule has 0 N–H and O–H groups in total. The average Bonchev–Trinajstić information content (AvgIpc) is 2.54. The number of benzene rings is 1. The number of carbonyl (C=O) groups is 1. The van der Waals surface area contributed by atoms with Gasteiger partial charge >= 0.3 is 0 Å². The summed E-state index contributed by atoms with van der Waals surface area (Å²) < 4.78 is 0. The molecule has 1 aliphatic carbocycles. The van der Waals surface area contributed by atoms with Crippen LogP contribution in [0.2, 0.25) is 0 Å². The lowest BCUT2D eigenvalue weighted by Crippen LogP contribution is -2.44. The largest absolute Gasteiger partial charge is 0.338 e. The van der Waals surface area contributed by atoms with Crippen molar-refractivity contribution >= 4 is 11.6 Å². The quantitative estimate of drug-likeness (QED) is 0.620. The molecule has 1 saturated heterocycles. The monoisotopic (exact) mass is 288 g/mol. The lowest BCUT2D eigenvalue weighted by atomic mass is 9.75. The van der Waals surface area contributed by atoms with E-state index in [-0.39, 0.29) is 11.6 Å². The third kappa shape index (κ3) is 2.91. The fourth-order valence-corrected chi connectivity index (χ4v) is 3.69. The number of nitro groups is 1. The van der Waals surface area contributed by atoms with Crippen LogP contribution in [-0.4, -0.2) is 28.8 Å². The van der Waals surface area contributed by atoms with E-state index in [9.17, 15) is 14.9 Å². The zero-order valence-corrected chi connectivity index (χ0v) is 12.0. The van der Waals surface area contributed by atoms with E-state index in [0.29, 0.717) is 11.5 Å². The van der Waals surface area contributed by atoms with Gasteiger partial charge in [-0.25, -0.2) is 0 Å². The minimum Gasteiger partial charge on any atom is -0.338 e. The number of nitrogens with zero attached hydrogens (tertiary/aromatic N) is 2. The van der Waals surface area contributed by atoms with Crippen LogP contribution in [-0.2, 0) is 0 Å². The van der Waals surface area contributed by atoms with E-state index in [4.69, 9.17) is 0 Å². The van der Waals surface area contributed by atoms with Gasteiger partial charge in [-0.15, -0.1) is 0 Å². The first-order chi connectivity index (χ1) is 10.1. The molecule has 1 amide bonds. The number of non-ortho nitro benzene ring substituents is 1. The van der Waals surface area contributed by atoms with Crippen LogP contribution >= 0.6 is 0 Å². The van der Waals surface area contributed by atoms with Crippen LogP contribution in [0.5, 0.6) is 0 Å². The summed E-state index contributed by atoms with van der Waals surface area (Å²) in [6, 6.07) is 5.93. The molecule has 0 radical (unpaired) electrons. The Morgan fingerprint density at radius 3 is 2.43 bits per heavy atom. The third-order valence-electron chi connectivity index (χ3n) is 4.90. The van der Waals surface area contributed by atoms with E-state index >= 15 is 0 Å². The maximum Gasteiger partial charge on any atom is 0.269 e. The number of hydrogen-bond acceptors (Lipinski definition) is 3. The number of carbonyl (C=O) groups excluding carboxylic acids is 1. The smallest absolute Gasteiger partial charge is 0.269 e. The summed E-state index contributed by atoms with van der Waals surface area (Å²) in [6.07, 6.45) is 6.25. The van der Waals surface area contributed by atoms with Gasteiger partial charge in [0.05, 0.1) is 4.92 Å². The zero-order valence-electron chi connectivity index (χ0n) is 12.0. The van der Waals surface area contributed by atoms with Crippen molar-refractivity contribution in [1.29, 1.82) is 0 Å². The molecule has 1 aromatic rings. The van der Waals surface area contributed by atoms with Crippen molar-refractivity contribution in [2.75, 3.05) is 13.1 Å². The highest BCUT2D eigenvalue weighted by Crippen LogP contribution is 2.36. The van der Waals surface area contributed by atoms with Crippen molar-refractivity contribution < 1.29 is 9.72 Å². The van der Waals surface area contributed by atoms with Crippen molar-refractivity contribution in [1.82, 2.24) is 4.90 Å². The molecule has 21 heavy (non-hydrogen) atoms. The molecule has 0 aromatic heterocycles. The van der Waals surface area contributed by atoms with Crippen molar-refractivity contribution in [2.45, 2.75) is 32.1 Å². The normalized spacial score (nSPS) is 25.2. The van der Waals surface area contributed by atoms with Crippen LogP contribution < -0.4 is 0 Å². The highest BCUT2D eigenvalue weighted by molar-refractivity contribution is 5.94. The number of piperidine rings is 1. The number of likely N-dealkylation sites (tertiary alicyclic amines) is 1. The first-order valence-corrected chi connectivity index (χ1v) is 7.69. The van der Waals surface area contributed by atoms with Gasteiger partial charge in [-0.1, -0.05) is 19.3 Å². The van der Waals surface area contributed by atoms with Crippen molar-refractivity contribution in [2.24, 2.45) is 11.8 Å². The maximum absolute atomic E-state index is 12.5. The van der Waals surface area contributed by atoms with E-state index in [1.165, 1.54) is 37.8 Å². The fourth-order valence-electron chi connectivity index (χ4n) is 3.69. The van der Waals surface area contributed by atoms with Gasteiger partial charge in [0.2, 0.25) is 0 Å². The second-order valence-corrected chi connectivity index (χ2v) is 6.15. The van der Waals surface area contributed by atoms with E-state index in [0.717, 1.165) is 25.4 Å². The van der Waals surface area contributed by atoms with Gasteiger partial charge in [-0.05, 0) is 36.8 Å². The molecular formula is C16H20N2O3. The number of rotatable bonds is 2. The van der Waals surface area contributed by atoms with Crippen molar-refractivity contribution in [3.63, 3.8) is 0 Å². The van der Waals surface area contributed by atoms with Gasteiger partial charge in [0.25, 0.3) is 11.6 Å². The van der Waals surface area contributed by atoms with Crippen molar-refractivity contribution in [3.05, 3.63) is 39.9 Å². The number of hydrogen-bond donors (Lipinski definition) is 0. The summed E-state index contributed by atoms with van der Waals surface area (Å²) in [6.45, 7) is 1.66. The Morgan fingerprint density at radius 1 is 1.10 bits per heavy atom. The predicted molar refractivity (Wildman–Crippen MR) is 79.1 cm³/mol. The van der Waals surface area contributed by atoms with E-state index in [1.54, 1.807) is 12.1 Å². The Labute approximate surface area is 124 Å². The second kappa shape index (κ2) is 5.84. The number of nitro benzene ring substituents is 1. The summed E-state index contributed by atoms with van der Waals surface area (Å²) in [5.74, 6) is 1.45. The molecule has 5 nitrogen and oxygen atoms in total. The lowest BCUT2D eigenvalue weighted by molar-refractivity contribution is -0.384. The molecule has 1 aromatic carbocycles.